The number of aromatic nitrogens is 5. The van der Waals surface area contributed by atoms with Gasteiger partial charge in [-0.25, -0.2) is 15.0 Å². The van der Waals surface area contributed by atoms with Gasteiger partial charge in [0.1, 0.15) is 28.8 Å². The summed E-state index contributed by atoms with van der Waals surface area (Å²) in [5, 5.41) is 13.8. The van der Waals surface area contributed by atoms with Crippen molar-refractivity contribution in [2.24, 2.45) is 12.5 Å². The second-order valence-corrected chi connectivity index (χ2v) is 14.1. The van der Waals surface area contributed by atoms with Gasteiger partial charge in [-0.15, -0.1) is 0 Å². The molecule has 1 aliphatic carbocycles. The fourth-order valence-electron chi connectivity index (χ4n) is 7.64. The molecule has 13 nitrogen and oxygen atoms in total. The molecule has 8 rings (SSSR count). The van der Waals surface area contributed by atoms with Crippen molar-refractivity contribution in [1.82, 2.24) is 29.0 Å². The van der Waals surface area contributed by atoms with Crippen LogP contribution < -0.4 is 20.7 Å². The Morgan fingerprint density at radius 2 is 1.81 bits per heavy atom. The Morgan fingerprint density at radius 3 is 2.52 bits per heavy atom. The Balaban J connectivity index is 1.03. The van der Waals surface area contributed by atoms with Gasteiger partial charge in [0.05, 0.1) is 38.3 Å². The highest BCUT2D eigenvalue weighted by Gasteiger charge is 2.37. The topological polar surface area (TPSA) is 134 Å². The smallest absolute Gasteiger partial charge is 0.276 e. The number of anilines is 4. The lowest BCUT2D eigenvalue weighted by Gasteiger charge is -2.42. The summed E-state index contributed by atoms with van der Waals surface area (Å²) in [5.41, 5.74) is 5.38. The summed E-state index contributed by atoms with van der Waals surface area (Å²) in [5.74, 6) is 1.57. The summed E-state index contributed by atoms with van der Waals surface area (Å²) in [4.78, 5) is 47.2. The molecular formula is C35H41N9O4. The van der Waals surface area contributed by atoms with Gasteiger partial charge in [0.25, 0.3) is 11.5 Å². The maximum absolute atomic E-state index is 13.8. The van der Waals surface area contributed by atoms with Crippen LogP contribution in [0.4, 0.5) is 23.1 Å². The summed E-state index contributed by atoms with van der Waals surface area (Å²) in [6, 6.07) is 6.12. The molecule has 3 aliphatic heterocycles. The number of rotatable bonds is 7. The molecule has 0 bridgehead atoms. The zero-order valence-corrected chi connectivity index (χ0v) is 27.6. The summed E-state index contributed by atoms with van der Waals surface area (Å²) < 4.78 is 9.00. The third-order valence-corrected chi connectivity index (χ3v) is 10.2. The molecule has 13 heteroatoms. The molecule has 0 atom stereocenters. The number of hydrogen-bond acceptors (Lipinski definition) is 10. The quantitative estimate of drug-likeness (QED) is 0.307. The third kappa shape index (κ3) is 5.35. The van der Waals surface area contributed by atoms with Crippen molar-refractivity contribution in [3.05, 3.63) is 75.9 Å². The first kappa shape index (κ1) is 30.7. The monoisotopic (exact) mass is 651 g/mol. The van der Waals surface area contributed by atoms with Crippen LogP contribution in [0.25, 0.3) is 11.1 Å². The van der Waals surface area contributed by atoms with E-state index >= 15 is 0 Å². The first-order chi connectivity index (χ1) is 23.2. The van der Waals surface area contributed by atoms with E-state index in [1.807, 2.05) is 6.07 Å². The molecule has 4 aliphatic rings. The van der Waals surface area contributed by atoms with Gasteiger partial charge in [-0.05, 0) is 47.6 Å². The van der Waals surface area contributed by atoms with E-state index in [4.69, 9.17) is 4.74 Å². The van der Waals surface area contributed by atoms with Crippen LogP contribution in [0.2, 0.25) is 0 Å². The van der Waals surface area contributed by atoms with Gasteiger partial charge in [0.2, 0.25) is 0 Å². The fourth-order valence-corrected chi connectivity index (χ4v) is 7.64. The van der Waals surface area contributed by atoms with E-state index < -0.39 is 0 Å². The number of pyridine rings is 2. The number of ether oxygens (including phenoxy) is 1. The first-order valence-corrected chi connectivity index (χ1v) is 16.7. The Bertz CT molecular complexity index is 1940. The van der Waals surface area contributed by atoms with Crippen molar-refractivity contribution >= 4 is 29.0 Å². The molecule has 7 heterocycles. The predicted molar refractivity (Wildman–Crippen MR) is 182 cm³/mol. The molecule has 0 aromatic carbocycles. The number of piperazine rings is 1. The van der Waals surface area contributed by atoms with Crippen molar-refractivity contribution in [3.63, 3.8) is 0 Å². The second-order valence-electron chi connectivity index (χ2n) is 14.1. The zero-order chi connectivity index (χ0) is 33.2. The molecule has 2 fully saturated rings. The summed E-state index contributed by atoms with van der Waals surface area (Å²) in [6.07, 6.45) is 8.67. The lowest BCUT2D eigenvalue weighted by atomic mass is 9.90. The van der Waals surface area contributed by atoms with E-state index in [1.54, 1.807) is 48.9 Å². The molecule has 0 unspecified atom stereocenters. The van der Waals surface area contributed by atoms with Crippen LogP contribution in [0.1, 0.15) is 41.2 Å². The maximum Gasteiger partial charge on any atom is 0.276 e. The Kier molecular flexibility index (Phi) is 7.57. The molecule has 2 saturated heterocycles. The highest BCUT2D eigenvalue weighted by Crippen LogP contribution is 2.40. The van der Waals surface area contributed by atoms with Crippen molar-refractivity contribution in [2.75, 3.05) is 61.1 Å². The molecule has 250 valence electrons. The number of amides is 1. The Morgan fingerprint density at radius 1 is 1.00 bits per heavy atom. The van der Waals surface area contributed by atoms with Gasteiger partial charge < -0.3 is 29.2 Å². The lowest BCUT2D eigenvalue weighted by Crippen LogP contribution is -2.56. The number of aliphatic hydroxyl groups excluding tert-OH is 1. The molecule has 0 saturated carbocycles. The molecule has 0 radical (unpaired) electrons. The number of nitrogens with zero attached hydrogens (tertiary/aromatic N) is 8. The second kappa shape index (κ2) is 11.8. The van der Waals surface area contributed by atoms with Crippen molar-refractivity contribution in [3.8, 4) is 11.1 Å². The van der Waals surface area contributed by atoms with Crippen LogP contribution in [-0.2, 0) is 37.8 Å². The van der Waals surface area contributed by atoms with E-state index in [1.165, 1.54) is 15.8 Å². The van der Waals surface area contributed by atoms with Gasteiger partial charge in [-0.3, -0.25) is 19.4 Å². The molecule has 0 spiro atoms. The minimum Gasteiger partial charge on any atom is -0.392 e. The van der Waals surface area contributed by atoms with Crippen LogP contribution in [0.5, 0.6) is 0 Å². The normalized spacial score (nSPS) is 19.3. The fraction of sp³-hybridized carbons (Fsp3) is 0.457. The molecule has 4 aromatic heterocycles. The van der Waals surface area contributed by atoms with Crippen LogP contribution in [0.15, 0.2) is 47.8 Å². The van der Waals surface area contributed by atoms with Crippen LogP contribution in [0, 0.1) is 5.41 Å². The first-order valence-electron chi connectivity index (χ1n) is 16.7. The number of carbonyl (C=O) groups is 1. The van der Waals surface area contributed by atoms with E-state index in [2.05, 4.69) is 48.5 Å². The Labute approximate surface area is 278 Å². The SMILES string of the molecule is Cn1cc(-c2ccnc(N3CCn4c(cc5c4CC(C)(C)C5)C3=O)c2CO)cc(Nc2cnc(N3CCN(C4COC4)CC3)cn2)c1=O. The average Bonchev–Trinajstić information content (AvgIpc) is 3.55. The zero-order valence-electron chi connectivity index (χ0n) is 27.6. The van der Waals surface area contributed by atoms with Crippen molar-refractivity contribution in [1.29, 1.82) is 0 Å². The number of aryl methyl sites for hydroxylation is 1. The number of fused-ring (bicyclic) bond motifs is 3. The van der Waals surface area contributed by atoms with Crippen LogP contribution in [-0.4, -0.2) is 92.0 Å². The van der Waals surface area contributed by atoms with Gasteiger partial charge in [0, 0.05) is 75.5 Å². The van der Waals surface area contributed by atoms with Crippen molar-refractivity contribution < 1.29 is 14.6 Å². The van der Waals surface area contributed by atoms with Crippen LogP contribution in [0.3, 0.4) is 0 Å². The summed E-state index contributed by atoms with van der Waals surface area (Å²) >= 11 is 0. The number of hydrogen-bond donors (Lipinski definition) is 2. The minimum absolute atomic E-state index is 0.118. The molecule has 1 amide bonds. The van der Waals surface area contributed by atoms with E-state index in [-0.39, 0.29) is 23.5 Å². The summed E-state index contributed by atoms with van der Waals surface area (Å²) in [7, 11) is 1.69. The highest BCUT2D eigenvalue weighted by molar-refractivity contribution is 6.06. The number of carbonyl (C=O) groups excluding carboxylic acids is 1. The lowest BCUT2D eigenvalue weighted by molar-refractivity contribution is -0.0661. The standard InChI is InChI=1S/C35H41N9O4/c1-35(2)14-22-13-28-34(47)44(11-10-43(28)29(22)15-35)32-26(19-45)25(4-5-36-32)23-12-27(33(46)40(3)18-23)39-30-16-38-31(17-37-30)42-8-6-41(7-9-42)24-20-48-21-24/h4-5,12-13,16-18,24,45H,6-11,14-15,19-21H2,1-3H3,(H,37,39). The highest BCUT2D eigenvalue weighted by atomic mass is 16.5. The van der Waals surface area contributed by atoms with E-state index in [9.17, 15) is 14.7 Å². The Hall–Kier alpha value is -4.59. The van der Waals surface area contributed by atoms with Gasteiger partial charge >= 0.3 is 0 Å². The molecule has 48 heavy (non-hydrogen) atoms. The van der Waals surface area contributed by atoms with E-state index in [0.29, 0.717) is 58.8 Å². The molecule has 4 aromatic rings. The largest absolute Gasteiger partial charge is 0.392 e. The number of nitrogens with one attached hydrogen (secondary N) is 1. The molecular weight excluding hydrogens is 610 g/mol. The van der Waals surface area contributed by atoms with Gasteiger partial charge in [0.15, 0.2) is 0 Å². The third-order valence-electron chi connectivity index (χ3n) is 10.2. The number of aliphatic hydroxyl groups is 1. The van der Waals surface area contributed by atoms with Crippen molar-refractivity contribution in [2.45, 2.75) is 45.9 Å². The van der Waals surface area contributed by atoms with Gasteiger partial charge in [-0.2, -0.15) is 0 Å². The maximum atomic E-state index is 13.8. The van der Waals surface area contributed by atoms with E-state index in [0.717, 1.165) is 58.1 Å². The molecule has 2 N–H and O–H groups in total. The predicted octanol–water partition coefficient (Wildman–Crippen LogP) is 2.58. The minimum atomic E-state index is -0.324. The van der Waals surface area contributed by atoms with Crippen LogP contribution >= 0.6 is 0 Å². The summed E-state index contributed by atoms with van der Waals surface area (Å²) in [6.45, 7) is 10.6. The van der Waals surface area contributed by atoms with Gasteiger partial charge in [-0.1, -0.05) is 13.8 Å². The average molecular weight is 652 g/mol.